The molecule has 1 fully saturated rings. The number of morpholine rings is 1. The molecule has 0 aliphatic carbocycles. The van der Waals surface area contributed by atoms with Crippen LogP contribution >= 0.6 is 11.3 Å². The maximum absolute atomic E-state index is 12.7. The number of aryl methyl sites for hydroxylation is 1. The molecule has 7 heteroatoms. The van der Waals surface area contributed by atoms with Crippen LogP contribution in [0.1, 0.15) is 11.3 Å². The molecular weight excluding hydrogens is 408 g/mol. The van der Waals surface area contributed by atoms with Gasteiger partial charge in [-0.15, -0.1) is 11.3 Å². The lowest BCUT2D eigenvalue weighted by molar-refractivity contribution is -0.115. The zero-order valence-electron chi connectivity index (χ0n) is 17.4. The van der Waals surface area contributed by atoms with Gasteiger partial charge in [-0.3, -0.25) is 9.20 Å². The number of amides is 1. The number of imidazole rings is 1. The molecule has 1 aliphatic rings. The largest absolute Gasteiger partial charge is 0.378 e. The number of aromatic nitrogens is 2. The Morgan fingerprint density at radius 2 is 1.84 bits per heavy atom. The van der Waals surface area contributed by atoms with Gasteiger partial charge in [0, 0.05) is 47.3 Å². The average Bonchev–Trinajstić information content (AvgIpc) is 3.37. The summed E-state index contributed by atoms with van der Waals surface area (Å²) in [4.78, 5) is 20.6. The molecule has 5 rings (SSSR count). The Balaban J connectivity index is 1.26. The molecule has 0 saturated carbocycles. The second kappa shape index (κ2) is 8.53. The van der Waals surface area contributed by atoms with E-state index in [1.165, 1.54) is 5.56 Å². The van der Waals surface area contributed by atoms with Crippen molar-refractivity contribution in [2.24, 2.45) is 0 Å². The number of hydrogen-bond donors (Lipinski definition) is 1. The van der Waals surface area contributed by atoms with Crippen molar-refractivity contribution in [3.8, 4) is 11.3 Å². The predicted octanol–water partition coefficient (Wildman–Crippen LogP) is 4.39. The number of carbonyl (C=O) groups is 1. The molecule has 2 aromatic carbocycles. The first kappa shape index (κ1) is 19.8. The molecule has 0 bridgehead atoms. The van der Waals surface area contributed by atoms with E-state index in [2.05, 4.69) is 41.4 Å². The molecule has 0 spiro atoms. The van der Waals surface area contributed by atoms with Crippen LogP contribution in [-0.2, 0) is 16.0 Å². The van der Waals surface area contributed by atoms with Gasteiger partial charge >= 0.3 is 0 Å². The quantitative estimate of drug-likeness (QED) is 0.508. The summed E-state index contributed by atoms with van der Waals surface area (Å²) >= 11 is 1.55. The van der Waals surface area contributed by atoms with Gasteiger partial charge in [-0.1, -0.05) is 29.8 Å². The third-order valence-electron chi connectivity index (χ3n) is 5.50. The van der Waals surface area contributed by atoms with Crippen molar-refractivity contribution >= 4 is 33.6 Å². The van der Waals surface area contributed by atoms with Gasteiger partial charge in [0.05, 0.1) is 25.3 Å². The molecule has 31 heavy (non-hydrogen) atoms. The van der Waals surface area contributed by atoms with Crippen molar-refractivity contribution in [2.75, 3.05) is 36.5 Å². The third-order valence-corrected chi connectivity index (χ3v) is 6.39. The van der Waals surface area contributed by atoms with E-state index in [0.29, 0.717) is 6.42 Å². The highest BCUT2D eigenvalue weighted by molar-refractivity contribution is 7.15. The Labute approximate surface area is 185 Å². The Hall–Kier alpha value is -3.16. The first-order chi connectivity index (χ1) is 15.2. The summed E-state index contributed by atoms with van der Waals surface area (Å²) in [5.74, 6) is -0.0376. The fourth-order valence-electron chi connectivity index (χ4n) is 3.77. The minimum absolute atomic E-state index is 0.0376. The minimum Gasteiger partial charge on any atom is -0.378 e. The van der Waals surface area contributed by atoms with Crippen molar-refractivity contribution in [1.82, 2.24) is 9.38 Å². The van der Waals surface area contributed by atoms with Crippen molar-refractivity contribution in [2.45, 2.75) is 13.3 Å². The highest BCUT2D eigenvalue weighted by Crippen LogP contribution is 2.25. The first-order valence-corrected chi connectivity index (χ1v) is 11.3. The maximum atomic E-state index is 12.7. The molecule has 1 amide bonds. The SMILES string of the molecule is Cc1ccc(-c2cn3c(CC(=O)Nc4ccc(N5CCOCC5)cc4)csc3n2)cc1. The molecule has 3 heterocycles. The highest BCUT2D eigenvalue weighted by atomic mass is 32.1. The zero-order chi connectivity index (χ0) is 21.2. The topological polar surface area (TPSA) is 58.9 Å². The lowest BCUT2D eigenvalue weighted by Crippen LogP contribution is -2.36. The molecule has 158 valence electrons. The summed E-state index contributed by atoms with van der Waals surface area (Å²) in [6.07, 6.45) is 2.31. The van der Waals surface area contributed by atoms with Gasteiger partial charge in [-0.05, 0) is 31.2 Å². The number of benzene rings is 2. The number of carbonyl (C=O) groups excluding carboxylic acids is 1. The lowest BCUT2D eigenvalue weighted by Gasteiger charge is -2.28. The average molecular weight is 433 g/mol. The van der Waals surface area contributed by atoms with Crippen LogP contribution in [0.2, 0.25) is 0 Å². The Kier molecular flexibility index (Phi) is 5.44. The standard InChI is InChI=1S/C24H24N4O2S/c1-17-2-4-18(5-3-17)22-15-28-21(16-31-24(28)26-22)14-23(29)25-19-6-8-20(9-7-19)27-10-12-30-13-11-27/h2-9,15-16H,10-14H2,1H3,(H,25,29). The number of nitrogens with zero attached hydrogens (tertiary/aromatic N) is 3. The molecule has 0 radical (unpaired) electrons. The van der Waals surface area contributed by atoms with Gasteiger partial charge < -0.3 is 15.0 Å². The van der Waals surface area contributed by atoms with Crippen LogP contribution < -0.4 is 10.2 Å². The number of nitrogens with one attached hydrogen (secondary N) is 1. The van der Waals surface area contributed by atoms with E-state index in [-0.39, 0.29) is 5.91 Å². The minimum atomic E-state index is -0.0376. The monoisotopic (exact) mass is 432 g/mol. The second-order valence-electron chi connectivity index (χ2n) is 7.74. The molecule has 1 saturated heterocycles. The fraction of sp³-hybridized carbons (Fsp3) is 0.250. The van der Waals surface area contributed by atoms with Crippen LogP contribution in [0.5, 0.6) is 0 Å². The lowest BCUT2D eigenvalue weighted by atomic mass is 10.1. The molecule has 0 unspecified atom stereocenters. The smallest absolute Gasteiger partial charge is 0.230 e. The molecule has 4 aromatic rings. The summed E-state index contributed by atoms with van der Waals surface area (Å²) in [5.41, 5.74) is 6.13. The number of anilines is 2. The van der Waals surface area contributed by atoms with Crippen molar-refractivity contribution < 1.29 is 9.53 Å². The van der Waals surface area contributed by atoms with Gasteiger partial charge in [-0.25, -0.2) is 4.98 Å². The fourth-order valence-corrected chi connectivity index (χ4v) is 4.64. The van der Waals surface area contributed by atoms with Crippen molar-refractivity contribution in [3.63, 3.8) is 0 Å². The number of hydrogen-bond acceptors (Lipinski definition) is 5. The van der Waals surface area contributed by atoms with E-state index in [0.717, 1.165) is 59.6 Å². The summed E-state index contributed by atoms with van der Waals surface area (Å²) in [6.45, 7) is 5.38. The number of ether oxygens (including phenoxy) is 1. The van der Waals surface area contributed by atoms with Crippen LogP contribution in [0.4, 0.5) is 11.4 Å². The molecule has 1 N–H and O–H groups in total. The van der Waals surface area contributed by atoms with E-state index in [9.17, 15) is 4.79 Å². The first-order valence-electron chi connectivity index (χ1n) is 10.4. The second-order valence-corrected chi connectivity index (χ2v) is 8.58. The Morgan fingerprint density at radius 3 is 2.58 bits per heavy atom. The van der Waals surface area contributed by atoms with E-state index in [1.807, 2.05) is 40.2 Å². The van der Waals surface area contributed by atoms with Crippen LogP contribution in [-0.4, -0.2) is 41.6 Å². The molecule has 0 atom stereocenters. The summed E-state index contributed by atoms with van der Waals surface area (Å²) < 4.78 is 7.42. The van der Waals surface area contributed by atoms with Crippen LogP contribution in [0.15, 0.2) is 60.1 Å². The van der Waals surface area contributed by atoms with E-state index >= 15 is 0 Å². The Morgan fingerprint density at radius 1 is 1.10 bits per heavy atom. The molecule has 2 aromatic heterocycles. The predicted molar refractivity (Wildman–Crippen MR) is 125 cm³/mol. The summed E-state index contributed by atoms with van der Waals surface area (Å²) in [5, 5.41) is 5.01. The maximum Gasteiger partial charge on any atom is 0.230 e. The van der Waals surface area contributed by atoms with Gasteiger partial charge in [-0.2, -0.15) is 0 Å². The van der Waals surface area contributed by atoms with Crippen LogP contribution in [0, 0.1) is 6.92 Å². The third kappa shape index (κ3) is 4.33. The van der Waals surface area contributed by atoms with Gasteiger partial charge in [0.15, 0.2) is 4.96 Å². The normalized spacial score (nSPS) is 14.2. The van der Waals surface area contributed by atoms with E-state index in [1.54, 1.807) is 11.3 Å². The van der Waals surface area contributed by atoms with Gasteiger partial charge in [0.2, 0.25) is 5.91 Å². The van der Waals surface area contributed by atoms with Gasteiger partial charge in [0.25, 0.3) is 0 Å². The van der Waals surface area contributed by atoms with Crippen molar-refractivity contribution in [3.05, 3.63) is 71.4 Å². The number of thiazole rings is 1. The number of rotatable bonds is 5. The van der Waals surface area contributed by atoms with Crippen molar-refractivity contribution in [1.29, 1.82) is 0 Å². The van der Waals surface area contributed by atoms with E-state index in [4.69, 9.17) is 9.72 Å². The molecular formula is C24H24N4O2S. The number of fused-ring (bicyclic) bond motifs is 1. The zero-order valence-corrected chi connectivity index (χ0v) is 18.2. The van der Waals surface area contributed by atoms with Crippen LogP contribution in [0.3, 0.4) is 0 Å². The molecule has 6 nitrogen and oxygen atoms in total. The summed E-state index contributed by atoms with van der Waals surface area (Å²) in [7, 11) is 0. The Bertz CT molecular complexity index is 1190. The highest BCUT2D eigenvalue weighted by Gasteiger charge is 2.14. The molecule has 1 aliphatic heterocycles. The summed E-state index contributed by atoms with van der Waals surface area (Å²) in [6, 6.07) is 16.3. The van der Waals surface area contributed by atoms with Crippen LogP contribution in [0.25, 0.3) is 16.2 Å². The van der Waals surface area contributed by atoms with Gasteiger partial charge in [0.1, 0.15) is 0 Å². The van der Waals surface area contributed by atoms with E-state index < -0.39 is 0 Å².